The molecule has 4 aromatic rings. The second-order valence-electron chi connectivity index (χ2n) is 9.37. The zero-order chi connectivity index (χ0) is 25.7. The van der Waals surface area contributed by atoms with Gasteiger partial charge < -0.3 is 19.7 Å². The smallest absolute Gasteiger partial charge is 0.337 e. The second kappa shape index (κ2) is 8.68. The number of carbonyl (C=O) groups is 2. The van der Waals surface area contributed by atoms with Crippen LogP contribution >= 0.6 is 0 Å². The number of carboxylic acid groups (broad SMARTS) is 1. The molecule has 0 bridgehead atoms. The van der Waals surface area contributed by atoms with E-state index in [4.69, 9.17) is 4.42 Å². The second-order valence-corrected chi connectivity index (χ2v) is 9.37. The molecule has 0 spiro atoms. The molecule has 0 radical (unpaired) electrons. The van der Waals surface area contributed by atoms with E-state index in [1.807, 2.05) is 38.1 Å². The number of amides is 1. The number of carboxylic acids is 1. The van der Waals surface area contributed by atoms with Crippen molar-refractivity contribution in [2.24, 2.45) is 0 Å². The molecule has 3 aromatic carbocycles. The minimum absolute atomic E-state index is 0.0208. The van der Waals surface area contributed by atoms with Crippen molar-refractivity contribution in [1.82, 2.24) is 4.90 Å². The maximum atomic E-state index is 13.5. The van der Waals surface area contributed by atoms with Gasteiger partial charge in [-0.25, -0.2) is 4.79 Å². The van der Waals surface area contributed by atoms with Crippen LogP contribution in [0, 0.1) is 13.8 Å². The van der Waals surface area contributed by atoms with Gasteiger partial charge >= 0.3 is 5.97 Å². The highest BCUT2D eigenvalue weighted by molar-refractivity contribution is 5.99. The number of rotatable bonds is 5. The molecule has 7 nitrogen and oxygen atoms in total. The summed E-state index contributed by atoms with van der Waals surface area (Å²) in [6.07, 6.45) is 0. The third-order valence-corrected chi connectivity index (χ3v) is 6.74. The van der Waals surface area contributed by atoms with E-state index in [2.05, 4.69) is 5.32 Å². The van der Waals surface area contributed by atoms with Crippen LogP contribution in [0.2, 0.25) is 0 Å². The van der Waals surface area contributed by atoms with E-state index in [9.17, 15) is 19.5 Å². The molecular weight excluding hydrogens is 456 g/mol. The summed E-state index contributed by atoms with van der Waals surface area (Å²) >= 11 is 0. The number of aryl methyl sites for hydroxylation is 1. The molecule has 36 heavy (non-hydrogen) atoms. The first-order valence-electron chi connectivity index (χ1n) is 11.7. The molecule has 0 fully saturated rings. The fourth-order valence-corrected chi connectivity index (χ4v) is 4.88. The minimum Gasteiger partial charge on any atom is -0.478 e. The third kappa shape index (κ3) is 3.82. The summed E-state index contributed by atoms with van der Waals surface area (Å²) in [4.78, 5) is 39.1. The Bertz CT molecular complexity index is 1620. The highest BCUT2D eigenvalue weighted by Gasteiger charge is 2.26. The molecule has 0 saturated carbocycles. The lowest BCUT2D eigenvalue weighted by Crippen LogP contribution is -2.17. The Morgan fingerprint density at radius 2 is 1.83 bits per heavy atom. The first kappa shape index (κ1) is 23.4. The average Bonchev–Trinajstić information content (AvgIpc) is 3.14. The lowest BCUT2D eigenvalue weighted by Gasteiger charge is -2.20. The molecule has 0 aliphatic carbocycles. The van der Waals surface area contributed by atoms with Crippen LogP contribution in [0.5, 0.6) is 0 Å². The maximum absolute atomic E-state index is 13.5. The Morgan fingerprint density at radius 3 is 2.58 bits per heavy atom. The minimum atomic E-state index is -1.02. The van der Waals surface area contributed by atoms with E-state index in [1.165, 1.54) is 0 Å². The van der Waals surface area contributed by atoms with Gasteiger partial charge in [0.05, 0.1) is 17.0 Å². The summed E-state index contributed by atoms with van der Waals surface area (Å²) in [5.41, 5.74) is 5.41. The molecule has 5 rings (SSSR count). The van der Waals surface area contributed by atoms with E-state index in [0.717, 1.165) is 22.3 Å². The molecule has 1 atom stereocenters. The molecule has 1 aliphatic rings. The predicted octanol–water partition coefficient (Wildman–Crippen LogP) is 5.53. The van der Waals surface area contributed by atoms with Crippen LogP contribution in [0.4, 0.5) is 5.69 Å². The molecule has 0 saturated heterocycles. The monoisotopic (exact) mass is 482 g/mol. The SMILES string of the molecule is Cc1cc(C(C)Nc2ccccc2C(=O)O)c2oc(-c3ccc4c(c3)CN(C)C4=O)c(C)c(=O)c2c1. The lowest BCUT2D eigenvalue weighted by atomic mass is 9.97. The Balaban J connectivity index is 1.65. The van der Waals surface area contributed by atoms with Crippen molar-refractivity contribution in [1.29, 1.82) is 0 Å². The van der Waals surface area contributed by atoms with Gasteiger partial charge in [0, 0.05) is 41.5 Å². The standard InChI is InChI=1S/C29H26N2O5/c1-15-11-22(17(3)30-24-8-6-5-7-21(24)29(34)35)27-23(12-15)25(32)16(2)26(36-27)18-9-10-20-19(13-18)14-31(4)28(20)33/h5-13,17,30H,14H2,1-4H3,(H,34,35). The van der Waals surface area contributed by atoms with Crippen molar-refractivity contribution in [3.63, 3.8) is 0 Å². The van der Waals surface area contributed by atoms with Crippen molar-refractivity contribution in [2.75, 3.05) is 12.4 Å². The van der Waals surface area contributed by atoms with Gasteiger partial charge in [0.2, 0.25) is 0 Å². The average molecular weight is 483 g/mol. The summed E-state index contributed by atoms with van der Waals surface area (Å²) in [5.74, 6) is -0.586. The third-order valence-electron chi connectivity index (χ3n) is 6.74. The molecule has 1 aromatic heterocycles. The Morgan fingerprint density at radius 1 is 1.08 bits per heavy atom. The van der Waals surface area contributed by atoms with Crippen molar-refractivity contribution in [3.8, 4) is 11.3 Å². The van der Waals surface area contributed by atoms with Gasteiger partial charge in [-0.1, -0.05) is 24.3 Å². The predicted molar refractivity (Wildman–Crippen MR) is 139 cm³/mol. The number of aromatic carboxylic acids is 1. The van der Waals surface area contributed by atoms with Gasteiger partial charge in [-0.3, -0.25) is 9.59 Å². The van der Waals surface area contributed by atoms with Crippen molar-refractivity contribution in [2.45, 2.75) is 33.4 Å². The van der Waals surface area contributed by atoms with Gasteiger partial charge in [0.1, 0.15) is 11.3 Å². The van der Waals surface area contributed by atoms with Crippen LogP contribution in [0.15, 0.2) is 63.8 Å². The number of benzene rings is 3. The number of carbonyl (C=O) groups excluding carboxylic acids is 1. The van der Waals surface area contributed by atoms with Gasteiger partial charge in [0.25, 0.3) is 5.91 Å². The molecule has 1 amide bonds. The highest BCUT2D eigenvalue weighted by atomic mass is 16.4. The number of para-hydroxylation sites is 1. The molecule has 7 heteroatoms. The van der Waals surface area contributed by atoms with Gasteiger partial charge in [-0.05, 0) is 62.2 Å². The normalized spacial score (nSPS) is 13.7. The summed E-state index contributed by atoms with van der Waals surface area (Å²) < 4.78 is 6.44. The Hall–Kier alpha value is -4.39. The number of nitrogens with one attached hydrogen (secondary N) is 1. The van der Waals surface area contributed by atoms with Crippen LogP contribution in [0.1, 0.15) is 55.9 Å². The van der Waals surface area contributed by atoms with E-state index in [1.54, 1.807) is 49.2 Å². The van der Waals surface area contributed by atoms with Gasteiger partial charge in [-0.2, -0.15) is 0 Å². The summed E-state index contributed by atoms with van der Waals surface area (Å²) in [6, 6.07) is 15.6. The van der Waals surface area contributed by atoms with E-state index in [-0.39, 0.29) is 22.9 Å². The zero-order valence-corrected chi connectivity index (χ0v) is 20.5. The summed E-state index contributed by atoms with van der Waals surface area (Å²) in [5, 5.41) is 13.3. The number of fused-ring (bicyclic) bond motifs is 2. The van der Waals surface area contributed by atoms with Crippen molar-refractivity contribution in [3.05, 3.63) is 98.2 Å². The molecular formula is C29H26N2O5. The fourth-order valence-electron chi connectivity index (χ4n) is 4.88. The van der Waals surface area contributed by atoms with Crippen LogP contribution in [0.3, 0.4) is 0 Å². The summed E-state index contributed by atoms with van der Waals surface area (Å²) in [7, 11) is 1.76. The molecule has 1 unspecified atom stereocenters. The van der Waals surface area contributed by atoms with Crippen LogP contribution in [-0.4, -0.2) is 28.9 Å². The molecule has 1 aliphatic heterocycles. The largest absolute Gasteiger partial charge is 0.478 e. The number of hydrogen-bond acceptors (Lipinski definition) is 5. The first-order chi connectivity index (χ1) is 17.2. The van der Waals surface area contributed by atoms with Crippen molar-refractivity contribution < 1.29 is 19.1 Å². The molecule has 2 heterocycles. The first-order valence-corrected chi connectivity index (χ1v) is 11.7. The lowest BCUT2D eigenvalue weighted by molar-refractivity contribution is 0.0697. The fraction of sp³-hybridized carbons (Fsp3) is 0.207. The zero-order valence-electron chi connectivity index (χ0n) is 20.5. The van der Waals surface area contributed by atoms with Gasteiger partial charge in [-0.15, -0.1) is 0 Å². The number of nitrogens with zero attached hydrogens (tertiary/aromatic N) is 1. The Labute approximate surface area is 208 Å². The van der Waals surface area contributed by atoms with Crippen LogP contribution in [0.25, 0.3) is 22.3 Å². The number of hydrogen-bond donors (Lipinski definition) is 2. The van der Waals surface area contributed by atoms with Crippen molar-refractivity contribution >= 4 is 28.5 Å². The van der Waals surface area contributed by atoms with E-state index < -0.39 is 5.97 Å². The summed E-state index contributed by atoms with van der Waals surface area (Å²) in [6.45, 7) is 6.08. The molecule has 2 N–H and O–H groups in total. The van der Waals surface area contributed by atoms with E-state index >= 15 is 0 Å². The maximum Gasteiger partial charge on any atom is 0.337 e. The molecule has 182 valence electrons. The van der Waals surface area contributed by atoms with Gasteiger partial charge in [0.15, 0.2) is 5.43 Å². The highest BCUT2D eigenvalue weighted by Crippen LogP contribution is 2.34. The van der Waals surface area contributed by atoms with E-state index in [0.29, 0.717) is 40.1 Å². The quantitative estimate of drug-likeness (QED) is 0.388. The Kier molecular flexibility index (Phi) is 5.63. The van der Waals surface area contributed by atoms with Crippen LogP contribution in [-0.2, 0) is 6.54 Å². The van der Waals surface area contributed by atoms with Crippen LogP contribution < -0.4 is 10.7 Å². The number of anilines is 1. The topological polar surface area (TPSA) is 99.8 Å².